The van der Waals surface area contributed by atoms with E-state index in [4.69, 9.17) is 11.6 Å². The highest BCUT2D eigenvalue weighted by atomic mass is 35.5. The first kappa shape index (κ1) is 15.6. The van der Waals surface area contributed by atoms with E-state index in [-0.39, 0.29) is 11.8 Å². The molecule has 2 aliphatic rings. The third-order valence-corrected chi connectivity index (χ3v) is 5.39. The van der Waals surface area contributed by atoms with Crippen LogP contribution >= 0.6 is 11.6 Å². The second-order valence-electron chi connectivity index (χ2n) is 6.44. The van der Waals surface area contributed by atoms with Crippen LogP contribution in [0.25, 0.3) is 6.08 Å². The number of fused-ring (bicyclic) bond motifs is 1. The third-order valence-electron chi connectivity index (χ3n) is 5.05. The number of halogens is 1. The molecule has 0 bridgehead atoms. The SMILES string of the molecule is O=C(/C=C/c1ccccc1Cl)N1CC[C@@]2(O)CCCC[C@H]2C1. The van der Waals surface area contributed by atoms with E-state index in [1.165, 1.54) is 0 Å². The van der Waals surface area contributed by atoms with Gasteiger partial charge in [-0.2, -0.15) is 0 Å². The lowest BCUT2D eigenvalue weighted by molar-refractivity contribution is -0.138. The van der Waals surface area contributed by atoms with Crippen LogP contribution in [0.5, 0.6) is 0 Å². The quantitative estimate of drug-likeness (QED) is 0.847. The van der Waals surface area contributed by atoms with Crippen molar-refractivity contribution >= 4 is 23.6 Å². The fourth-order valence-corrected chi connectivity index (χ4v) is 3.85. The Morgan fingerprint density at radius 1 is 1.32 bits per heavy atom. The summed E-state index contributed by atoms with van der Waals surface area (Å²) in [6.45, 7) is 1.31. The summed E-state index contributed by atoms with van der Waals surface area (Å²) in [6.07, 6.45) is 8.23. The Labute approximate surface area is 136 Å². The molecule has 1 aromatic carbocycles. The summed E-state index contributed by atoms with van der Waals surface area (Å²) in [6, 6.07) is 7.48. The Bertz CT molecular complexity index is 586. The van der Waals surface area contributed by atoms with Gasteiger partial charge in [-0.3, -0.25) is 4.79 Å². The molecule has 2 fully saturated rings. The largest absolute Gasteiger partial charge is 0.389 e. The number of carbonyl (C=O) groups is 1. The molecule has 1 amide bonds. The molecule has 1 saturated heterocycles. The Morgan fingerprint density at radius 3 is 2.95 bits per heavy atom. The van der Waals surface area contributed by atoms with Crippen LogP contribution in [0.4, 0.5) is 0 Å². The van der Waals surface area contributed by atoms with Crippen molar-refractivity contribution < 1.29 is 9.90 Å². The predicted octanol–water partition coefficient (Wildman–Crippen LogP) is 3.51. The van der Waals surface area contributed by atoms with E-state index in [2.05, 4.69) is 0 Å². The zero-order valence-electron chi connectivity index (χ0n) is 12.7. The lowest BCUT2D eigenvalue weighted by Gasteiger charge is -2.47. The van der Waals surface area contributed by atoms with Gasteiger partial charge in [0.05, 0.1) is 5.60 Å². The van der Waals surface area contributed by atoms with Gasteiger partial charge in [-0.25, -0.2) is 0 Å². The molecule has 0 unspecified atom stereocenters. The number of aliphatic hydroxyl groups is 1. The number of hydrogen-bond acceptors (Lipinski definition) is 2. The van der Waals surface area contributed by atoms with Gasteiger partial charge in [0.25, 0.3) is 0 Å². The van der Waals surface area contributed by atoms with Crippen molar-refractivity contribution in [1.29, 1.82) is 0 Å². The van der Waals surface area contributed by atoms with Crippen LogP contribution in [0.15, 0.2) is 30.3 Å². The van der Waals surface area contributed by atoms with E-state index >= 15 is 0 Å². The van der Waals surface area contributed by atoms with Crippen LogP contribution in [0.3, 0.4) is 0 Å². The summed E-state index contributed by atoms with van der Waals surface area (Å²) in [5, 5.41) is 11.3. The fourth-order valence-electron chi connectivity index (χ4n) is 3.65. The topological polar surface area (TPSA) is 40.5 Å². The fraction of sp³-hybridized carbons (Fsp3) is 0.500. The summed E-state index contributed by atoms with van der Waals surface area (Å²) < 4.78 is 0. The van der Waals surface area contributed by atoms with E-state index in [0.29, 0.717) is 24.5 Å². The highest BCUT2D eigenvalue weighted by Crippen LogP contribution is 2.39. The first-order valence-electron chi connectivity index (χ1n) is 8.02. The maximum Gasteiger partial charge on any atom is 0.246 e. The predicted molar refractivity (Wildman–Crippen MR) is 88.6 cm³/mol. The van der Waals surface area contributed by atoms with Crippen LogP contribution in [-0.2, 0) is 4.79 Å². The van der Waals surface area contributed by atoms with E-state index in [9.17, 15) is 9.90 Å². The van der Waals surface area contributed by atoms with E-state index in [1.54, 1.807) is 12.2 Å². The number of likely N-dealkylation sites (tertiary alicyclic amines) is 1. The van der Waals surface area contributed by atoms with Gasteiger partial charge in [0, 0.05) is 30.1 Å². The zero-order chi connectivity index (χ0) is 15.6. The summed E-state index contributed by atoms with van der Waals surface area (Å²) in [5.74, 6) is 0.236. The van der Waals surface area contributed by atoms with E-state index < -0.39 is 5.60 Å². The van der Waals surface area contributed by atoms with Gasteiger partial charge < -0.3 is 10.0 Å². The smallest absolute Gasteiger partial charge is 0.246 e. The van der Waals surface area contributed by atoms with Crippen LogP contribution < -0.4 is 0 Å². The summed E-state index contributed by atoms with van der Waals surface area (Å²) in [4.78, 5) is 14.2. The second-order valence-corrected chi connectivity index (χ2v) is 6.84. The molecule has 1 saturated carbocycles. The van der Waals surface area contributed by atoms with Crippen molar-refractivity contribution in [3.8, 4) is 0 Å². The van der Waals surface area contributed by atoms with Crippen molar-refractivity contribution in [1.82, 2.24) is 4.90 Å². The van der Waals surface area contributed by atoms with Gasteiger partial charge in [-0.15, -0.1) is 0 Å². The molecule has 1 aromatic rings. The molecule has 4 heteroatoms. The molecule has 3 nitrogen and oxygen atoms in total. The van der Waals surface area contributed by atoms with Crippen LogP contribution in [0.1, 0.15) is 37.7 Å². The van der Waals surface area contributed by atoms with Gasteiger partial charge in [0.1, 0.15) is 0 Å². The number of piperidine rings is 1. The number of rotatable bonds is 2. The van der Waals surface area contributed by atoms with Crippen molar-refractivity contribution in [2.24, 2.45) is 5.92 Å². The average Bonchev–Trinajstić information content (AvgIpc) is 2.53. The van der Waals surface area contributed by atoms with Gasteiger partial charge >= 0.3 is 0 Å². The molecular formula is C18H22ClNO2. The van der Waals surface area contributed by atoms with E-state index in [0.717, 1.165) is 31.2 Å². The summed E-state index contributed by atoms with van der Waals surface area (Å²) >= 11 is 6.09. The maximum atomic E-state index is 12.4. The Balaban J connectivity index is 1.65. The van der Waals surface area contributed by atoms with Gasteiger partial charge in [0.2, 0.25) is 5.91 Å². The molecular weight excluding hydrogens is 298 g/mol. The van der Waals surface area contributed by atoms with Crippen LogP contribution in [-0.4, -0.2) is 34.6 Å². The number of hydrogen-bond donors (Lipinski definition) is 1. The van der Waals surface area contributed by atoms with Crippen molar-refractivity contribution in [2.45, 2.75) is 37.7 Å². The molecule has 0 aromatic heterocycles. The molecule has 0 spiro atoms. The highest BCUT2D eigenvalue weighted by Gasteiger charge is 2.43. The Hall–Kier alpha value is -1.32. The lowest BCUT2D eigenvalue weighted by Crippen LogP contribution is -2.54. The second kappa shape index (κ2) is 6.43. The normalized spacial score (nSPS) is 28.6. The highest BCUT2D eigenvalue weighted by molar-refractivity contribution is 6.32. The monoisotopic (exact) mass is 319 g/mol. The maximum absolute atomic E-state index is 12.4. The Morgan fingerprint density at radius 2 is 2.14 bits per heavy atom. The van der Waals surface area contributed by atoms with Crippen molar-refractivity contribution in [3.05, 3.63) is 40.9 Å². The molecule has 22 heavy (non-hydrogen) atoms. The molecule has 118 valence electrons. The minimum Gasteiger partial charge on any atom is -0.389 e. The minimum absolute atomic E-state index is 0.00698. The number of nitrogens with zero attached hydrogens (tertiary/aromatic N) is 1. The molecule has 1 heterocycles. The number of amides is 1. The molecule has 2 atom stereocenters. The van der Waals surface area contributed by atoms with Crippen molar-refractivity contribution in [2.75, 3.05) is 13.1 Å². The van der Waals surface area contributed by atoms with Crippen LogP contribution in [0.2, 0.25) is 5.02 Å². The Kier molecular flexibility index (Phi) is 4.55. The standard InChI is InChI=1S/C18H22ClNO2/c19-16-7-2-1-5-14(16)8-9-17(21)20-12-11-18(22)10-4-3-6-15(18)13-20/h1-2,5,7-9,15,22H,3-4,6,10-13H2/b9-8+/t15-,18-/m0/s1. The summed E-state index contributed by atoms with van der Waals surface area (Å²) in [7, 11) is 0. The van der Waals surface area contributed by atoms with Crippen molar-refractivity contribution in [3.63, 3.8) is 0 Å². The number of benzene rings is 1. The van der Waals surface area contributed by atoms with Crippen LogP contribution in [0, 0.1) is 5.92 Å². The first-order chi connectivity index (χ1) is 10.6. The van der Waals surface area contributed by atoms with Gasteiger partial charge in [0.15, 0.2) is 0 Å². The summed E-state index contributed by atoms with van der Waals surface area (Å²) in [5.41, 5.74) is 0.310. The first-order valence-corrected chi connectivity index (χ1v) is 8.40. The molecule has 3 rings (SSSR count). The van der Waals surface area contributed by atoms with E-state index in [1.807, 2.05) is 29.2 Å². The zero-order valence-corrected chi connectivity index (χ0v) is 13.4. The molecule has 1 aliphatic carbocycles. The third kappa shape index (κ3) is 3.21. The molecule has 1 aliphatic heterocycles. The molecule has 0 radical (unpaired) electrons. The lowest BCUT2D eigenvalue weighted by atomic mass is 9.71. The minimum atomic E-state index is -0.540. The molecule has 1 N–H and O–H groups in total. The van der Waals surface area contributed by atoms with Gasteiger partial charge in [-0.1, -0.05) is 42.6 Å². The number of carbonyl (C=O) groups excluding carboxylic acids is 1. The average molecular weight is 320 g/mol. The van der Waals surface area contributed by atoms with Gasteiger partial charge in [-0.05, 0) is 37.0 Å².